The molecule has 0 aromatic carbocycles. The van der Waals surface area contributed by atoms with Crippen molar-refractivity contribution in [2.45, 2.75) is 38.6 Å². The van der Waals surface area contributed by atoms with E-state index in [9.17, 15) is 4.79 Å². The molecule has 6 nitrogen and oxygen atoms in total. The third-order valence-electron chi connectivity index (χ3n) is 3.93. The Balaban J connectivity index is 1.66. The van der Waals surface area contributed by atoms with Crippen molar-refractivity contribution in [3.8, 4) is 5.82 Å². The lowest BCUT2D eigenvalue weighted by molar-refractivity contribution is -0.126. The first-order valence-corrected chi connectivity index (χ1v) is 7.41. The molecule has 1 fully saturated rings. The number of amides is 1. The van der Waals surface area contributed by atoms with Gasteiger partial charge in [-0.05, 0) is 18.9 Å². The van der Waals surface area contributed by atoms with Gasteiger partial charge in [0.25, 0.3) is 0 Å². The molecule has 0 saturated heterocycles. The molecule has 0 bridgehead atoms. The minimum atomic E-state index is 0.156. The van der Waals surface area contributed by atoms with E-state index in [1.165, 1.54) is 12.7 Å². The second-order valence-electron chi connectivity index (χ2n) is 5.38. The van der Waals surface area contributed by atoms with Crippen LogP contribution in [0.4, 0.5) is 0 Å². The summed E-state index contributed by atoms with van der Waals surface area (Å²) >= 11 is 0. The molecule has 2 heterocycles. The van der Waals surface area contributed by atoms with E-state index in [0.29, 0.717) is 12.4 Å². The summed E-state index contributed by atoms with van der Waals surface area (Å²) in [4.78, 5) is 20.5. The topological polar surface area (TPSA) is 72.7 Å². The maximum absolute atomic E-state index is 12.2. The highest BCUT2D eigenvalue weighted by Gasteiger charge is 2.21. The van der Waals surface area contributed by atoms with Crippen LogP contribution in [0.2, 0.25) is 0 Å². The first kappa shape index (κ1) is 13.7. The van der Waals surface area contributed by atoms with Crippen molar-refractivity contribution in [3.05, 3.63) is 36.5 Å². The first-order chi connectivity index (χ1) is 10.3. The summed E-state index contributed by atoms with van der Waals surface area (Å²) < 4.78 is 1.61. The molecule has 0 atom stereocenters. The van der Waals surface area contributed by atoms with Crippen molar-refractivity contribution >= 4 is 5.91 Å². The van der Waals surface area contributed by atoms with Crippen molar-refractivity contribution in [1.82, 2.24) is 25.1 Å². The number of nitrogens with one attached hydrogen (secondary N) is 1. The molecule has 2 aromatic heterocycles. The normalized spacial score (nSPS) is 15.8. The molecule has 1 amide bonds. The van der Waals surface area contributed by atoms with Crippen molar-refractivity contribution in [2.24, 2.45) is 5.92 Å². The summed E-state index contributed by atoms with van der Waals surface area (Å²) in [6, 6.07) is 3.81. The fourth-order valence-electron chi connectivity index (χ4n) is 2.78. The third kappa shape index (κ3) is 3.26. The first-order valence-electron chi connectivity index (χ1n) is 7.41. The highest BCUT2D eigenvalue weighted by atomic mass is 16.1. The van der Waals surface area contributed by atoms with E-state index in [2.05, 4.69) is 20.4 Å². The lowest BCUT2D eigenvalue weighted by Crippen LogP contribution is -2.31. The third-order valence-corrected chi connectivity index (χ3v) is 3.93. The van der Waals surface area contributed by atoms with E-state index < -0.39 is 0 Å². The summed E-state index contributed by atoms with van der Waals surface area (Å²) in [7, 11) is 0. The summed E-state index contributed by atoms with van der Waals surface area (Å²) in [5.74, 6) is 1.03. The number of rotatable bonds is 4. The van der Waals surface area contributed by atoms with Gasteiger partial charge in [0.05, 0.1) is 0 Å². The molecule has 1 N–H and O–H groups in total. The molecule has 0 spiro atoms. The molecule has 1 aliphatic carbocycles. The number of carbonyl (C=O) groups is 1. The number of hydrogen-bond acceptors (Lipinski definition) is 4. The molecule has 2 aromatic rings. The van der Waals surface area contributed by atoms with Crippen LogP contribution in [0, 0.1) is 5.92 Å². The van der Waals surface area contributed by atoms with Gasteiger partial charge >= 0.3 is 0 Å². The van der Waals surface area contributed by atoms with E-state index in [4.69, 9.17) is 0 Å². The van der Waals surface area contributed by atoms with Gasteiger partial charge in [-0.3, -0.25) is 4.79 Å². The monoisotopic (exact) mass is 285 g/mol. The highest BCUT2D eigenvalue weighted by molar-refractivity contribution is 5.78. The predicted molar refractivity (Wildman–Crippen MR) is 77.6 cm³/mol. The van der Waals surface area contributed by atoms with Gasteiger partial charge in [0, 0.05) is 24.2 Å². The van der Waals surface area contributed by atoms with Crippen molar-refractivity contribution in [3.63, 3.8) is 0 Å². The van der Waals surface area contributed by atoms with Crippen LogP contribution in [-0.4, -0.2) is 25.7 Å². The summed E-state index contributed by atoms with van der Waals surface area (Å²) in [6.07, 6.45) is 10.4. The van der Waals surface area contributed by atoms with Crippen molar-refractivity contribution < 1.29 is 4.79 Å². The summed E-state index contributed by atoms with van der Waals surface area (Å²) in [6.45, 7) is 0.471. The molecule has 0 aliphatic heterocycles. The number of nitrogens with zero attached hydrogens (tertiary/aromatic N) is 4. The largest absolute Gasteiger partial charge is 0.352 e. The van der Waals surface area contributed by atoms with Crippen LogP contribution in [0.3, 0.4) is 0 Å². The van der Waals surface area contributed by atoms with Gasteiger partial charge in [0.1, 0.15) is 12.7 Å². The molecular weight excluding hydrogens is 266 g/mol. The zero-order chi connectivity index (χ0) is 14.5. The number of pyridine rings is 1. The SMILES string of the molecule is O=C(NCc1cccnc1-n1cncn1)C1CCCCC1. The Labute approximate surface area is 123 Å². The van der Waals surface area contributed by atoms with Crippen molar-refractivity contribution in [2.75, 3.05) is 0 Å². The summed E-state index contributed by atoms with van der Waals surface area (Å²) in [5, 5.41) is 7.13. The molecule has 110 valence electrons. The van der Waals surface area contributed by atoms with Crippen LogP contribution in [0.15, 0.2) is 31.0 Å². The lowest BCUT2D eigenvalue weighted by atomic mass is 9.88. The fourth-order valence-corrected chi connectivity index (χ4v) is 2.78. The number of aromatic nitrogens is 4. The van der Waals surface area contributed by atoms with Gasteiger partial charge in [-0.15, -0.1) is 0 Å². The predicted octanol–water partition coefficient (Wildman–Crippen LogP) is 1.86. The number of hydrogen-bond donors (Lipinski definition) is 1. The smallest absolute Gasteiger partial charge is 0.223 e. The van der Waals surface area contributed by atoms with Crippen LogP contribution in [-0.2, 0) is 11.3 Å². The molecule has 0 unspecified atom stereocenters. The molecule has 1 aliphatic rings. The Hall–Kier alpha value is -2.24. The quantitative estimate of drug-likeness (QED) is 0.930. The standard InChI is InChI=1S/C15H19N5O/c21-15(12-5-2-1-3-6-12)18-9-13-7-4-8-17-14(13)20-11-16-10-19-20/h4,7-8,10-12H,1-3,5-6,9H2,(H,18,21). The fraction of sp³-hybridized carbons (Fsp3) is 0.467. The summed E-state index contributed by atoms with van der Waals surface area (Å²) in [5.41, 5.74) is 0.937. The average Bonchev–Trinajstić information content (AvgIpc) is 3.08. The maximum atomic E-state index is 12.2. The second-order valence-corrected chi connectivity index (χ2v) is 5.38. The Morgan fingerprint density at radius 2 is 2.19 bits per heavy atom. The van der Waals surface area contributed by atoms with Gasteiger partial charge in [-0.1, -0.05) is 25.3 Å². The van der Waals surface area contributed by atoms with E-state index in [-0.39, 0.29) is 11.8 Å². The van der Waals surface area contributed by atoms with E-state index in [1.807, 2.05) is 12.1 Å². The molecule has 3 rings (SSSR count). The van der Waals surface area contributed by atoms with Crippen LogP contribution in [0.5, 0.6) is 0 Å². The molecule has 0 radical (unpaired) electrons. The van der Waals surface area contributed by atoms with E-state index in [1.54, 1.807) is 17.2 Å². The Morgan fingerprint density at radius 3 is 2.95 bits per heavy atom. The lowest BCUT2D eigenvalue weighted by Gasteiger charge is -2.21. The molecule has 6 heteroatoms. The van der Waals surface area contributed by atoms with Crippen LogP contribution < -0.4 is 5.32 Å². The van der Waals surface area contributed by atoms with E-state index in [0.717, 1.165) is 31.2 Å². The van der Waals surface area contributed by atoms with Crippen molar-refractivity contribution in [1.29, 1.82) is 0 Å². The minimum Gasteiger partial charge on any atom is -0.352 e. The average molecular weight is 285 g/mol. The van der Waals surface area contributed by atoms with Gasteiger partial charge in [0.15, 0.2) is 5.82 Å². The second kappa shape index (κ2) is 6.47. The Morgan fingerprint density at radius 1 is 1.33 bits per heavy atom. The van der Waals surface area contributed by atoms with Crippen LogP contribution >= 0.6 is 0 Å². The zero-order valence-corrected chi connectivity index (χ0v) is 11.9. The van der Waals surface area contributed by atoms with E-state index >= 15 is 0 Å². The Bertz CT molecular complexity index is 590. The van der Waals surface area contributed by atoms with Gasteiger partial charge < -0.3 is 5.32 Å². The van der Waals surface area contributed by atoms with Gasteiger partial charge in [0.2, 0.25) is 5.91 Å². The maximum Gasteiger partial charge on any atom is 0.223 e. The number of carbonyl (C=O) groups excluding carboxylic acids is 1. The van der Waals surface area contributed by atoms with Gasteiger partial charge in [-0.2, -0.15) is 5.10 Å². The molecule has 21 heavy (non-hydrogen) atoms. The Kier molecular flexibility index (Phi) is 4.23. The van der Waals surface area contributed by atoms with Gasteiger partial charge in [-0.25, -0.2) is 14.6 Å². The minimum absolute atomic E-state index is 0.156. The van der Waals surface area contributed by atoms with Crippen LogP contribution in [0.1, 0.15) is 37.7 Å². The highest BCUT2D eigenvalue weighted by Crippen LogP contribution is 2.23. The zero-order valence-electron chi connectivity index (χ0n) is 11.9. The van der Waals surface area contributed by atoms with Crippen LogP contribution in [0.25, 0.3) is 5.82 Å². The molecule has 1 saturated carbocycles. The molecular formula is C15H19N5O.